The summed E-state index contributed by atoms with van der Waals surface area (Å²) in [4.78, 5) is 11.2. The first-order valence-corrected chi connectivity index (χ1v) is 4.28. The zero-order valence-electron chi connectivity index (χ0n) is 7.71. The van der Waals surface area contributed by atoms with Crippen LogP contribution in [0.4, 0.5) is 0 Å². The summed E-state index contributed by atoms with van der Waals surface area (Å²) in [5.41, 5.74) is 5.54. The van der Waals surface area contributed by atoms with Crippen LogP contribution in [0, 0.1) is 0 Å². The second-order valence-electron chi connectivity index (χ2n) is 2.99. The molecule has 4 heteroatoms. The number of nitrogens with one attached hydrogen (secondary N) is 1. The minimum atomic E-state index is -0.441. The fourth-order valence-electron chi connectivity index (χ4n) is 0.838. The molecule has 0 saturated heterocycles. The van der Waals surface area contributed by atoms with Crippen molar-refractivity contribution in [2.75, 3.05) is 6.61 Å². The third-order valence-electron chi connectivity index (χ3n) is 1.60. The molecule has 0 spiro atoms. The monoisotopic (exact) mass is 174 g/mol. The first-order chi connectivity index (χ1) is 5.61. The van der Waals surface area contributed by atoms with Crippen LogP contribution in [0.3, 0.4) is 0 Å². The highest BCUT2D eigenvalue weighted by molar-refractivity contribution is 5.81. The molecule has 2 unspecified atom stereocenters. The molecule has 12 heavy (non-hydrogen) atoms. The van der Waals surface area contributed by atoms with Gasteiger partial charge in [0, 0.05) is 6.04 Å². The number of rotatable bonds is 5. The van der Waals surface area contributed by atoms with E-state index in [1.807, 2.05) is 6.92 Å². The molecule has 0 saturated carbocycles. The predicted octanol–water partition coefficient (Wildman–Crippen LogP) is -0.389. The molecule has 2 atom stereocenters. The number of hydrogen-bond acceptors (Lipinski definition) is 3. The highest BCUT2D eigenvalue weighted by Crippen LogP contribution is 1.93. The van der Waals surface area contributed by atoms with Crippen molar-refractivity contribution in [3.63, 3.8) is 0 Å². The average molecular weight is 174 g/mol. The third kappa shape index (κ3) is 4.31. The number of aliphatic hydroxyl groups excluding tert-OH is 1. The molecule has 0 fully saturated rings. The van der Waals surface area contributed by atoms with Crippen LogP contribution in [0.2, 0.25) is 0 Å². The molecule has 0 aromatic heterocycles. The van der Waals surface area contributed by atoms with E-state index < -0.39 is 6.04 Å². The van der Waals surface area contributed by atoms with Gasteiger partial charge in [-0.2, -0.15) is 0 Å². The summed E-state index contributed by atoms with van der Waals surface area (Å²) < 4.78 is 0. The topological polar surface area (TPSA) is 75.4 Å². The summed E-state index contributed by atoms with van der Waals surface area (Å²) in [6.07, 6.45) is 1.58. The van der Waals surface area contributed by atoms with Crippen molar-refractivity contribution >= 4 is 5.91 Å². The first-order valence-electron chi connectivity index (χ1n) is 4.28. The molecule has 72 valence electrons. The zero-order chi connectivity index (χ0) is 9.56. The number of amides is 1. The maximum Gasteiger partial charge on any atom is 0.237 e. The quantitative estimate of drug-likeness (QED) is 0.531. The van der Waals surface area contributed by atoms with Gasteiger partial charge in [0.15, 0.2) is 0 Å². The Morgan fingerprint density at radius 2 is 2.25 bits per heavy atom. The molecular weight excluding hydrogens is 156 g/mol. The van der Waals surface area contributed by atoms with Crippen molar-refractivity contribution in [3.8, 4) is 0 Å². The van der Waals surface area contributed by atoms with Crippen molar-refractivity contribution in [1.29, 1.82) is 0 Å². The highest BCUT2D eigenvalue weighted by atomic mass is 16.3. The fraction of sp³-hybridized carbons (Fsp3) is 0.875. The van der Waals surface area contributed by atoms with Crippen LogP contribution in [-0.2, 0) is 4.79 Å². The third-order valence-corrected chi connectivity index (χ3v) is 1.60. The van der Waals surface area contributed by atoms with E-state index in [0.29, 0.717) is 6.42 Å². The lowest BCUT2D eigenvalue weighted by atomic mass is 10.1. The molecule has 4 nitrogen and oxygen atoms in total. The van der Waals surface area contributed by atoms with Gasteiger partial charge in [-0.15, -0.1) is 0 Å². The van der Waals surface area contributed by atoms with Crippen molar-refractivity contribution in [1.82, 2.24) is 5.32 Å². The Morgan fingerprint density at radius 3 is 2.67 bits per heavy atom. The second kappa shape index (κ2) is 5.97. The van der Waals surface area contributed by atoms with Gasteiger partial charge in [-0.25, -0.2) is 0 Å². The van der Waals surface area contributed by atoms with Gasteiger partial charge in [0.1, 0.15) is 0 Å². The number of hydrogen-bond donors (Lipinski definition) is 3. The smallest absolute Gasteiger partial charge is 0.237 e. The van der Waals surface area contributed by atoms with Crippen LogP contribution < -0.4 is 11.1 Å². The van der Waals surface area contributed by atoms with E-state index in [0.717, 1.165) is 6.42 Å². The summed E-state index contributed by atoms with van der Waals surface area (Å²) in [5, 5.41) is 11.2. The number of nitrogens with two attached hydrogens (primary N) is 1. The van der Waals surface area contributed by atoms with E-state index in [2.05, 4.69) is 5.32 Å². The summed E-state index contributed by atoms with van der Waals surface area (Å²) in [7, 11) is 0. The lowest BCUT2D eigenvalue weighted by Gasteiger charge is -2.14. The van der Waals surface area contributed by atoms with Crippen molar-refractivity contribution < 1.29 is 9.90 Å². The Kier molecular flexibility index (Phi) is 5.66. The van der Waals surface area contributed by atoms with E-state index >= 15 is 0 Å². The van der Waals surface area contributed by atoms with Gasteiger partial charge < -0.3 is 16.2 Å². The minimum absolute atomic E-state index is 0.0510. The maximum absolute atomic E-state index is 11.2. The van der Waals surface area contributed by atoms with Gasteiger partial charge in [-0.1, -0.05) is 13.3 Å². The average Bonchev–Trinajstić information content (AvgIpc) is 2.04. The van der Waals surface area contributed by atoms with Gasteiger partial charge in [-0.05, 0) is 13.3 Å². The Labute approximate surface area is 73.1 Å². The maximum atomic E-state index is 11.2. The number of aliphatic hydroxyl groups is 1. The van der Waals surface area contributed by atoms with Gasteiger partial charge >= 0.3 is 0 Å². The van der Waals surface area contributed by atoms with Crippen LogP contribution in [0.25, 0.3) is 0 Å². The molecule has 0 aromatic carbocycles. The highest BCUT2D eigenvalue weighted by Gasteiger charge is 2.13. The molecule has 0 aliphatic rings. The molecule has 0 aliphatic heterocycles. The van der Waals surface area contributed by atoms with Crippen LogP contribution in [-0.4, -0.2) is 29.7 Å². The van der Waals surface area contributed by atoms with E-state index in [4.69, 9.17) is 10.8 Å². The molecule has 4 N–H and O–H groups in total. The SMILES string of the molecule is CCCC(N)C(=O)NC(C)CO. The van der Waals surface area contributed by atoms with Crippen LogP contribution in [0.1, 0.15) is 26.7 Å². The Morgan fingerprint density at radius 1 is 1.67 bits per heavy atom. The fourth-order valence-corrected chi connectivity index (χ4v) is 0.838. The van der Waals surface area contributed by atoms with Gasteiger partial charge in [-0.3, -0.25) is 4.79 Å². The summed E-state index contributed by atoms with van der Waals surface area (Å²) in [6.45, 7) is 3.66. The van der Waals surface area contributed by atoms with Crippen LogP contribution in [0.5, 0.6) is 0 Å². The number of carbonyl (C=O) groups is 1. The largest absolute Gasteiger partial charge is 0.394 e. The van der Waals surface area contributed by atoms with E-state index in [9.17, 15) is 4.79 Å². The van der Waals surface area contributed by atoms with Crippen molar-refractivity contribution in [3.05, 3.63) is 0 Å². The Hall–Kier alpha value is -0.610. The predicted molar refractivity (Wildman–Crippen MR) is 47.6 cm³/mol. The standard InChI is InChI=1S/C8H18N2O2/c1-3-4-7(9)8(12)10-6(2)5-11/h6-7,11H,3-5,9H2,1-2H3,(H,10,12). The molecule has 0 aliphatic carbocycles. The van der Waals surface area contributed by atoms with Crippen molar-refractivity contribution in [2.24, 2.45) is 5.73 Å². The molecule has 1 amide bonds. The van der Waals surface area contributed by atoms with Crippen molar-refractivity contribution in [2.45, 2.75) is 38.8 Å². The minimum Gasteiger partial charge on any atom is -0.394 e. The Bertz CT molecular complexity index is 139. The summed E-state index contributed by atoms with van der Waals surface area (Å²) in [5.74, 6) is -0.182. The molecular formula is C8H18N2O2. The molecule has 0 rings (SSSR count). The van der Waals surface area contributed by atoms with E-state index in [1.54, 1.807) is 6.92 Å². The van der Waals surface area contributed by atoms with Gasteiger partial charge in [0.05, 0.1) is 12.6 Å². The van der Waals surface area contributed by atoms with Gasteiger partial charge in [0.25, 0.3) is 0 Å². The molecule has 0 bridgehead atoms. The second-order valence-corrected chi connectivity index (χ2v) is 2.99. The number of carbonyl (C=O) groups excluding carboxylic acids is 1. The summed E-state index contributed by atoms with van der Waals surface area (Å²) in [6, 6.07) is -0.649. The van der Waals surface area contributed by atoms with E-state index in [1.165, 1.54) is 0 Å². The normalized spacial score (nSPS) is 15.3. The molecule has 0 heterocycles. The lowest BCUT2D eigenvalue weighted by Crippen LogP contribution is -2.45. The van der Waals surface area contributed by atoms with Crippen LogP contribution >= 0.6 is 0 Å². The van der Waals surface area contributed by atoms with Gasteiger partial charge in [0.2, 0.25) is 5.91 Å². The molecule has 0 radical (unpaired) electrons. The Balaban J connectivity index is 3.70. The van der Waals surface area contributed by atoms with E-state index in [-0.39, 0.29) is 18.6 Å². The summed E-state index contributed by atoms with van der Waals surface area (Å²) >= 11 is 0. The molecule has 0 aromatic rings. The van der Waals surface area contributed by atoms with Crippen LogP contribution in [0.15, 0.2) is 0 Å². The first kappa shape index (κ1) is 11.4. The lowest BCUT2D eigenvalue weighted by molar-refractivity contribution is -0.123. The zero-order valence-corrected chi connectivity index (χ0v) is 7.71.